The normalized spacial score (nSPS) is 19.9. The van der Waals surface area contributed by atoms with E-state index in [0.29, 0.717) is 25.2 Å². The smallest absolute Gasteiger partial charge is 0.261 e. The zero-order chi connectivity index (χ0) is 23.2. The monoisotopic (exact) mass is 466 g/mol. The molecule has 176 valence electrons. The zero-order valence-electron chi connectivity index (χ0n) is 19.7. The van der Waals surface area contributed by atoms with Gasteiger partial charge >= 0.3 is 0 Å². The van der Waals surface area contributed by atoms with E-state index in [1.807, 2.05) is 0 Å². The Morgan fingerprint density at radius 1 is 1.21 bits per heavy atom. The number of carbonyl (C=O) groups excluding carboxylic acids is 2. The molecule has 6 nitrogen and oxygen atoms in total. The van der Waals surface area contributed by atoms with Crippen molar-refractivity contribution in [2.24, 2.45) is 15.9 Å². The molecule has 3 aliphatic rings. The summed E-state index contributed by atoms with van der Waals surface area (Å²) in [6.07, 6.45) is 7.20. The second-order valence-electron chi connectivity index (χ2n) is 8.98. The molecule has 1 atom stereocenters. The van der Waals surface area contributed by atoms with Crippen molar-refractivity contribution < 1.29 is 9.59 Å². The van der Waals surface area contributed by atoms with Crippen molar-refractivity contribution in [3.63, 3.8) is 0 Å². The van der Waals surface area contributed by atoms with Crippen LogP contribution in [0.3, 0.4) is 0 Å². The van der Waals surface area contributed by atoms with Gasteiger partial charge in [-0.15, -0.1) is 0 Å². The quantitative estimate of drug-likeness (QED) is 0.518. The maximum atomic E-state index is 12.7. The third kappa shape index (κ3) is 5.94. The maximum Gasteiger partial charge on any atom is 0.261 e. The van der Waals surface area contributed by atoms with Gasteiger partial charge in [0.2, 0.25) is 5.91 Å². The fraction of sp³-hybridized carbons (Fsp3) is 0.538. The molecule has 2 aliphatic heterocycles. The molecule has 1 aromatic carbocycles. The van der Waals surface area contributed by atoms with Gasteiger partial charge in [-0.1, -0.05) is 30.3 Å². The number of thioether (sulfide) groups is 1. The molecular weight excluding hydrogens is 432 g/mol. The first-order valence-corrected chi connectivity index (χ1v) is 13.0. The van der Waals surface area contributed by atoms with E-state index in [1.165, 1.54) is 34.6 Å². The van der Waals surface area contributed by atoms with Gasteiger partial charge in [0.15, 0.2) is 0 Å². The molecule has 4 rings (SSSR count). The first kappa shape index (κ1) is 23.7. The summed E-state index contributed by atoms with van der Waals surface area (Å²) in [6, 6.07) is 8.50. The number of nitrogens with zero attached hydrogens (tertiary/aromatic N) is 3. The van der Waals surface area contributed by atoms with Gasteiger partial charge in [0.1, 0.15) is 11.8 Å². The van der Waals surface area contributed by atoms with E-state index in [4.69, 9.17) is 0 Å². The summed E-state index contributed by atoms with van der Waals surface area (Å²) >= 11 is 1.68. The van der Waals surface area contributed by atoms with E-state index in [0.717, 1.165) is 43.8 Å². The number of benzene rings is 1. The molecule has 1 N–H and O–H groups in total. The Bertz CT molecular complexity index is 998. The SMILES string of the molecule is CCN(CCCNC(=O)CCC1=NC(=O)C2C(=N1)SC1=C2CCCCC1)c1cccc(C)c1. The molecule has 0 aromatic heterocycles. The van der Waals surface area contributed by atoms with Crippen molar-refractivity contribution in [1.82, 2.24) is 5.32 Å². The third-order valence-electron chi connectivity index (χ3n) is 6.51. The zero-order valence-corrected chi connectivity index (χ0v) is 20.5. The predicted octanol–water partition coefficient (Wildman–Crippen LogP) is 5.03. The van der Waals surface area contributed by atoms with Crippen LogP contribution in [0.1, 0.15) is 63.9 Å². The average Bonchev–Trinajstić information content (AvgIpc) is 2.99. The highest BCUT2D eigenvalue weighted by Crippen LogP contribution is 2.46. The molecule has 33 heavy (non-hydrogen) atoms. The van der Waals surface area contributed by atoms with Crippen LogP contribution in [0, 0.1) is 12.8 Å². The van der Waals surface area contributed by atoms with Crippen molar-refractivity contribution in [3.8, 4) is 0 Å². The summed E-state index contributed by atoms with van der Waals surface area (Å²) < 4.78 is 0. The van der Waals surface area contributed by atoms with Gasteiger partial charge in [0.25, 0.3) is 5.91 Å². The fourth-order valence-corrected chi connectivity index (χ4v) is 6.10. The molecule has 0 saturated carbocycles. The molecule has 0 fully saturated rings. The number of amides is 2. The van der Waals surface area contributed by atoms with Crippen LogP contribution in [0.25, 0.3) is 0 Å². The summed E-state index contributed by atoms with van der Waals surface area (Å²) in [5, 5.41) is 3.88. The molecule has 0 spiro atoms. The summed E-state index contributed by atoms with van der Waals surface area (Å²) in [5.74, 6) is 0.156. The Labute approximate surface area is 201 Å². The van der Waals surface area contributed by atoms with E-state index >= 15 is 0 Å². The van der Waals surface area contributed by atoms with Gasteiger partial charge in [-0.05, 0) is 74.1 Å². The Hall–Kier alpha value is -2.41. The van der Waals surface area contributed by atoms with Crippen LogP contribution in [-0.2, 0) is 9.59 Å². The summed E-state index contributed by atoms with van der Waals surface area (Å²) in [6.45, 7) is 6.71. The van der Waals surface area contributed by atoms with Crippen LogP contribution >= 0.6 is 11.8 Å². The minimum Gasteiger partial charge on any atom is -0.372 e. The summed E-state index contributed by atoms with van der Waals surface area (Å²) in [5.41, 5.74) is 3.73. The molecule has 1 unspecified atom stereocenters. The van der Waals surface area contributed by atoms with Gasteiger partial charge in [0, 0.05) is 38.2 Å². The number of allylic oxidation sites excluding steroid dienone is 1. The first-order valence-electron chi connectivity index (χ1n) is 12.2. The topological polar surface area (TPSA) is 74.1 Å². The lowest BCUT2D eigenvalue weighted by atomic mass is 9.94. The number of fused-ring (bicyclic) bond motifs is 2. The maximum absolute atomic E-state index is 12.7. The highest BCUT2D eigenvalue weighted by Gasteiger charge is 2.39. The van der Waals surface area contributed by atoms with Gasteiger partial charge in [-0.2, -0.15) is 4.99 Å². The molecule has 0 saturated heterocycles. The highest BCUT2D eigenvalue weighted by molar-refractivity contribution is 8.17. The molecule has 2 heterocycles. The number of hydrogen-bond donors (Lipinski definition) is 1. The van der Waals surface area contributed by atoms with Gasteiger partial charge in [0.05, 0.1) is 5.04 Å². The van der Waals surface area contributed by atoms with Crippen molar-refractivity contribution in [2.75, 3.05) is 24.5 Å². The Morgan fingerprint density at radius 2 is 2.06 bits per heavy atom. The number of aliphatic imine (C=N–C) groups is 2. The number of anilines is 1. The minimum atomic E-state index is -0.240. The summed E-state index contributed by atoms with van der Waals surface area (Å²) in [4.78, 5) is 37.6. The number of carbonyl (C=O) groups is 2. The first-order chi connectivity index (χ1) is 16.0. The van der Waals surface area contributed by atoms with Crippen LogP contribution in [0.4, 0.5) is 5.69 Å². The van der Waals surface area contributed by atoms with Crippen molar-refractivity contribution in [2.45, 2.75) is 65.2 Å². The average molecular weight is 467 g/mol. The van der Waals surface area contributed by atoms with E-state index in [1.54, 1.807) is 11.8 Å². The highest BCUT2D eigenvalue weighted by atomic mass is 32.2. The van der Waals surface area contributed by atoms with E-state index in [9.17, 15) is 9.59 Å². The van der Waals surface area contributed by atoms with Crippen molar-refractivity contribution >= 4 is 40.1 Å². The predicted molar refractivity (Wildman–Crippen MR) is 137 cm³/mol. The second-order valence-corrected chi connectivity index (χ2v) is 10.1. The lowest BCUT2D eigenvalue weighted by Crippen LogP contribution is -2.30. The molecule has 1 aromatic rings. The molecule has 0 bridgehead atoms. The lowest BCUT2D eigenvalue weighted by Gasteiger charge is -2.23. The Morgan fingerprint density at radius 3 is 2.88 bits per heavy atom. The minimum absolute atomic E-state index is 0.0148. The number of rotatable bonds is 9. The molecule has 0 radical (unpaired) electrons. The fourth-order valence-electron chi connectivity index (χ4n) is 4.74. The number of amidine groups is 1. The van der Waals surface area contributed by atoms with Crippen LogP contribution < -0.4 is 10.2 Å². The number of aryl methyl sites for hydroxylation is 1. The Kier molecular flexibility index (Phi) is 8.02. The van der Waals surface area contributed by atoms with E-state index in [2.05, 4.69) is 58.3 Å². The standard InChI is InChI=1S/C26H34N4O2S/c1-3-30(19-10-7-9-18(2)17-19)16-8-15-27-23(31)14-13-22-28-25(32)24-20-11-5-4-6-12-21(20)33-26(24)29-22/h7,9-10,17,24H,3-6,8,11-16H2,1-2H3,(H,27,31). The van der Waals surface area contributed by atoms with E-state index in [-0.39, 0.29) is 17.7 Å². The van der Waals surface area contributed by atoms with Crippen molar-refractivity contribution in [3.05, 3.63) is 40.3 Å². The molecule has 1 aliphatic carbocycles. The second kappa shape index (κ2) is 11.1. The number of hydrogen-bond acceptors (Lipinski definition) is 5. The molecule has 2 amide bonds. The van der Waals surface area contributed by atoms with E-state index < -0.39 is 0 Å². The van der Waals surface area contributed by atoms with Crippen LogP contribution in [0.2, 0.25) is 0 Å². The van der Waals surface area contributed by atoms with Crippen LogP contribution in [-0.4, -0.2) is 42.3 Å². The largest absolute Gasteiger partial charge is 0.372 e. The van der Waals surface area contributed by atoms with Crippen molar-refractivity contribution in [1.29, 1.82) is 0 Å². The van der Waals surface area contributed by atoms with Crippen LogP contribution in [0.15, 0.2) is 44.7 Å². The summed E-state index contributed by atoms with van der Waals surface area (Å²) in [7, 11) is 0. The lowest BCUT2D eigenvalue weighted by molar-refractivity contribution is -0.121. The number of nitrogens with one attached hydrogen (secondary N) is 1. The third-order valence-corrected chi connectivity index (χ3v) is 7.76. The van der Waals surface area contributed by atoms with Gasteiger partial charge in [-0.3, -0.25) is 9.59 Å². The van der Waals surface area contributed by atoms with Crippen LogP contribution in [0.5, 0.6) is 0 Å². The molecular formula is C26H34N4O2S. The van der Waals surface area contributed by atoms with Gasteiger partial charge in [-0.25, -0.2) is 4.99 Å². The molecule has 7 heteroatoms. The Balaban J connectivity index is 1.21. The van der Waals surface area contributed by atoms with Gasteiger partial charge < -0.3 is 10.2 Å².